The second-order valence-corrected chi connectivity index (χ2v) is 9.31. The molecule has 1 aromatic carbocycles. The van der Waals surface area contributed by atoms with Crippen molar-refractivity contribution in [2.24, 2.45) is 5.92 Å². The first-order valence-corrected chi connectivity index (χ1v) is 10.1. The van der Waals surface area contributed by atoms with E-state index in [0.29, 0.717) is 32.1 Å². The number of ether oxygens (including phenoxy) is 3. The standard InChI is InChI=1S/C17H23NO5S/c1-2-21-9-14-5-6-24(19,20)17(14)10-18(11-17)8-13-3-4-15-16(7-13)23-12-22-15/h3-4,7,14H,2,5-6,8-12H2,1H3. The number of rotatable bonds is 5. The number of likely N-dealkylation sites (tertiary alicyclic amines) is 1. The fourth-order valence-corrected chi connectivity index (χ4v) is 6.54. The fourth-order valence-electron chi connectivity index (χ4n) is 4.09. The van der Waals surface area contributed by atoms with Crippen LogP contribution in [0, 0.1) is 5.92 Å². The maximum Gasteiger partial charge on any atom is 0.231 e. The van der Waals surface area contributed by atoms with Crippen LogP contribution in [0.3, 0.4) is 0 Å². The van der Waals surface area contributed by atoms with Gasteiger partial charge in [0.05, 0.1) is 12.4 Å². The molecule has 0 aromatic heterocycles. The summed E-state index contributed by atoms with van der Waals surface area (Å²) < 4.78 is 40.8. The van der Waals surface area contributed by atoms with E-state index in [1.807, 2.05) is 25.1 Å². The van der Waals surface area contributed by atoms with Gasteiger partial charge in [-0.15, -0.1) is 0 Å². The first-order chi connectivity index (χ1) is 11.5. The molecule has 0 amide bonds. The van der Waals surface area contributed by atoms with Crippen molar-refractivity contribution in [2.75, 3.05) is 38.8 Å². The van der Waals surface area contributed by atoms with E-state index in [1.165, 1.54) is 0 Å². The molecule has 0 radical (unpaired) electrons. The van der Waals surface area contributed by atoms with Crippen molar-refractivity contribution in [3.63, 3.8) is 0 Å². The van der Waals surface area contributed by atoms with Crippen LogP contribution in [0.1, 0.15) is 18.9 Å². The molecule has 0 aliphatic carbocycles. The molecular weight excluding hydrogens is 330 g/mol. The van der Waals surface area contributed by atoms with E-state index in [1.54, 1.807) is 0 Å². The molecule has 1 atom stereocenters. The summed E-state index contributed by atoms with van der Waals surface area (Å²) in [5.41, 5.74) is 1.12. The number of sulfone groups is 1. The van der Waals surface area contributed by atoms with Crippen LogP contribution >= 0.6 is 0 Å². The van der Waals surface area contributed by atoms with Crippen molar-refractivity contribution in [1.29, 1.82) is 0 Å². The third-order valence-corrected chi connectivity index (χ3v) is 8.05. The van der Waals surface area contributed by atoms with E-state index < -0.39 is 14.6 Å². The molecule has 2 fully saturated rings. The zero-order valence-electron chi connectivity index (χ0n) is 13.9. The average Bonchev–Trinajstić information content (AvgIpc) is 3.07. The number of benzene rings is 1. The van der Waals surface area contributed by atoms with Gasteiger partial charge in [-0.2, -0.15) is 0 Å². The minimum atomic E-state index is -3.03. The van der Waals surface area contributed by atoms with Crippen LogP contribution in [-0.4, -0.2) is 56.9 Å². The SMILES string of the molecule is CCOCC1CCS(=O)(=O)C12CN(Cc1ccc3c(c1)OCO3)C2. The lowest BCUT2D eigenvalue weighted by Gasteiger charge is -2.50. The Balaban J connectivity index is 1.44. The number of nitrogens with zero attached hydrogens (tertiary/aromatic N) is 1. The highest BCUT2D eigenvalue weighted by atomic mass is 32.2. The van der Waals surface area contributed by atoms with Crippen LogP contribution < -0.4 is 9.47 Å². The van der Waals surface area contributed by atoms with Crippen LogP contribution in [0.2, 0.25) is 0 Å². The molecule has 3 aliphatic rings. The Morgan fingerprint density at radius 3 is 2.88 bits per heavy atom. The molecule has 4 rings (SSSR count). The van der Waals surface area contributed by atoms with E-state index in [0.717, 1.165) is 30.0 Å². The molecule has 2 saturated heterocycles. The zero-order chi connectivity index (χ0) is 16.8. The lowest BCUT2D eigenvalue weighted by molar-refractivity contribution is 0.0292. The first-order valence-electron chi connectivity index (χ1n) is 8.45. The summed E-state index contributed by atoms with van der Waals surface area (Å²) in [6.07, 6.45) is 0.722. The molecule has 0 saturated carbocycles. The van der Waals surface area contributed by atoms with Gasteiger partial charge in [-0.3, -0.25) is 4.90 Å². The molecule has 3 heterocycles. The quantitative estimate of drug-likeness (QED) is 0.798. The van der Waals surface area contributed by atoms with Gasteiger partial charge in [0.25, 0.3) is 0 Å². The smallest absolute Gasteiger partial charge is 0.231 e. The van der Waals surface area contributed by atoms with Gasteiger partial charge in [0.2, 0.25) is 6.79 Å². The molecule has 132 valence electrons. The second kappa shape index (κ2) is 5.89. The van der Waals surface area contributed by atoms with E-state index in [2.05, 4.69) is 4.90 Å². The summed E-state index contributed by atoms with van der Waals surface area (Å²) in [7, 11) is -3.03. The lowest BCUT2D eigenvalue weighted by Crippen LogP contribution is -2.67. The highest BCUT2D eigenvalue weighted by Crippen LogP contribution is 2.45. The van der Waals surface area contributed by atoms with Crippen LogP contribution in [0.15, 0.2) is 18.2 Å². The molecule has 3 aliphatic heterocycles. The number of hydrogen-bond donors (Lipinski definition) is 0. The van der Waals surface area contributed by atoms with Gasteiger partial charge in [-0.1, -0.05) is 6.07 Å². The topological polar surface area (TPSA) is 65.1 Å². The highest BCUT2D eigenvalue weighted by Gasteiger charge is 2.61. The Kier molecular flexibility index (Phi) is 3.97. The van der Waals surface area contributed by atoms with E-state index >= 15 is 0 Å². The van der Waals surface area contributed by atoms with E-state index in [9.17, 15) is 8.42 Å². The van der Waals surface area contributed by atoms with Crippen LogP contribution in [-0.2, 0) is 21.1 Å². The summed E-state index contributed by atoms with van der Waals surface area (Å²) in [5.74, 6) is 1.96. The van der Waals surface area contributed by atoms with Gasteiger partial charge in [0.15, 0.2) is 21.3 Å². The van der Waals surface area contributed by atoms with Crippen molar-refractivity contribution in [3.05, 3.63) is 23.8 Å². The maximum absolute atomic E-state index is 12.6. The zero-order valence-corrected chi connectivity index (χ0v) is 14.7. The van der Waals surface area contributed by atoms with Crippen molar-refractivity contribution in [1.82, 2.24) is 4.90 Å². The number of hydrogen-bond acceptors (Lipinski definition) is 6. The summed E-state index contributed by atoms with van der Waals surface area (Å²) in [4.78, 5) is 2.19. The van der Waals surface area contributed by atoms with Crippen molar-refractivity contribution in [2.45, 2.75) is 24.6 Å². The van der Waals surface area contributed by atoms with Gasteiger partial charge >= 0.3 is 0 Å². The highest BCUT2D eigenvalue weighted by molar-refractivity contribution is 7.93. The van der Waals surface area contributed by atoms with Crippen LogP contribution in [0.5, 0.6) is 11.5 Å². The Labute approximate surface area is 142 Å². The number of fused-ring (bicyclic) bond motifs is 1. The molecule has 1 unspecified atom stereocenters. The Hall–Kier alpha value is -1.31. The Morgan fingerprint density at radius 2 is 2.08 bits per heavy atom. The second-order valence-electron chi connectivity index (χ2n) is 6.86. The van der Waals surface area contributed by atoms with Crippen molar-refractivity contribution in [3.8, 4) is 11.5 Å². The molecular formula is C17H23NO5S. The monoisotopic (exact) mass is 353 g/mol. The maximum atomic E-state index is 12.6. The molecule has 1 aromatic rings. The molecule has 1 spiro atoms. The summed E-state index contributed by atoms with van der Waals surface area (Å²) in [6.45, 7) is 5.32. The summed E-state index contributed by atoms with van der Waals surface area (Å²) >= 11 is 0. The largest absolute Gasteiger partial charge is 0.454 e. The fraction of sp³-hybridized carbons (Fsp3) is 0.647. The normalized spacial score (nSPS) is 26.6. The minimum absolute atomic E-state index is 0.121. The Bertz CT molecular complexity index is 726. The predicted octanol–water partition coefficient (Wildman–Crippen LogP) is 1.44. The predicted molar refractivity (Wildman–Crippen MR) is 89.0 cm³/mol. The van der Waals surface area contributed by atoms with Crippen LogP contribution in [0.4, 0.5) is 0 Å². The van der Waals surface area contributed by atoms with Gasteiger partial charge in [-0.25, -0.2) is 8.42 Å². The summed E-state index contributed by atoms with van der Waals surface area (Å²) in [6, 6.07) is 5.91. The molecule has 7 heteroatoms. The molecule has 24 heavy (non-hydrogen) atoms. The van der Waals surface area contributed by atoms with Gasteiger partial charge < -0.3 is 14.2 Å². The van der Waals surface area contributed by atoms with Crippen molar-refractivity contribution < 1.29 is 22.6 Å². The molecule has 6 nitrogen and oxygen atoms in total. The lowest BCUT2D eigenvalue weighted by atomic mass is 9.83. The van der Waals surface area contributed by atoms with Crippen molar-refractivity contribution >= 4 is 9.84 Å². The van der Waals surface area contributed by atoms with E-state index in [4.69, 9.17) is 14.2 Å². The molecule has 0 N–H and O–H groups in total. The van der Waals surface area contributed by atoms with Gasteiger partial charge in [-0.05, 0) is 31.0 Å². The third kappa shape index (κ3) is 2.50. The summed E-state index contributed by atoms with van der Waals surface area (Å²) in [5, 5.41) is 0. The van der Waals surface area contributed by atoms with Gasteiger partial charge in [0.1, 0.15) is 4.75 Å². The minimum Gasteiger partial charge on any atom is -0.454 e. The third-order valence-electron chi connectivity index (χ3n) is 5.45. The first kappa shape index (κ1) is 16.2. The van der Waals surface area contributed by atoms with Gasteiger partial charge in [0, 0.05) is 32.2 Å². The van der Waals surface area contributed by atoms with E-state index in [-0.39, 0.29) is 12.7 Å². The average molecular weight is 353 g/mol. The van der Waals surface area contributed by atoms with Crippen LogP contribution in [0.25, 0.3) is 0 Å². The molecule has 0 bridgehead atoms. The Morgan fingerprint density at radius 1 is 1.29 bits per heavy atom.